The molecule has 1 fully saturated rings. The molecule has 1 amide bonds. The quantitative estimate of drug-likeness (QED) is 0.843. The van der Waals surface area contributed by atoms with Gasteiger partial charge in [-0.1, -0.05) is 55.1 Å². The van der Waals surface area contributed by atoms with Crippen molar-refractivity contribution >= 4 is 17.9 Å². The van der Waals surface area contributed by atoms with E-state index in [2.05, 4.69) is 0 Å². The molecule has 1 heterocycles. The summed E-state index contributed by atoms with van der Waals surface area (Å²) >= 11 is 0. The van der Waals surface area contributed by atoms with Gasteiger partial charge in [0.2, 0.25) is 0 Å². The maximum Gasteiger partial charge on any atom is 0.415 e. The largest absolute Gasteiger partial charge is 0.447 e. The van der Waals surface area contributed by atoms with Crippen molar-refractivity contribution in [3.63, 3.8) is 0 Å². The SMILES string of the molecule is [CH]=Cc1cccc(N2C(=O)OC[C@H]2c2ccccc2)c1. The Bertz CT molecular complexity index is 636. The first kappa shape index (κ1) is 12.5. The number of cyclic esters (lactones) is 1. The van der Waals surface area contributed by atoms with Crippen LogP contribution in [0.5, 0.6) is 0 Å². The number of rotatable bonds is 3. The lowest BCUT2D eigenvalue weighted by Crippen LogP contribution is -2.27. The van der Waals surface area contributed by atoms with Crippen molar-refractivity contribution in [1.82, 2.24) is 0 Å². The van der Waals surface area contributed by atoms with Gasteiger partial charge in [-0.05, 0) is 23.3 Å². The predicted octanol–water partition coefficient (Wildman–Crippen LogP) is 3.83. The van der Waals surface area contributed by atoms with Crippen molar-refractivity contribution in [3.8, 4) is 0 Å². The van der Waals surface area contributed by atoms with Crippen LogP contribution >= 0.6 is 0 Å². The fourth-order valence-corrected chi connectivity index (χ4v) is 2.41. The Kier molecular flexibility index (Phi) is 3.25. The highest BCUT2D eigenvalue weighted by atomic mass is 16.6. The Balaban J connectivity index is 2.00. The highest BCUT2D eigenvalue weighted by Crippen LogP contribution is 2.33. The van der Waals surface area contributed by atoms with Gasteiger partial charge in [0.1, 0.15) is 6.61 Å². The van der Waals surface area contributed by atoms with Crippen LogP contribution < -0.4 is 4.90 Å². The Morgan fingerprint density at radius 1 is 1.15 bits per heavy atom. The Labute approximate surface area is 118 Å². The summed E-state index contributed by atoms with van der Waals surface area (Å²) in [5, 5.41) is 0. The van der Waals surface area contributed by atoms with Crippen molar-refractivity contribution in [1.29, 1.82) is 0 Å². The van der Waals surface area contributed by atoms with E-state index in [1.54, 1.807) is 4.90 Å². The summed E-state index contributed by atoms with van der Waals surface area (Å²) in [6.07, 6.45) is 1.19. The van der Waals surface area contributed by atoms with Gasteiger partial charge in [-0.2, -0.15) is 0 Å². The van der Waals surface area contributed by atoms with E-state index >= 15 is 0 Å². The summed E-state index contributed by atoms with van der Waals surface area (Å²) in [6.45, 7) is 5.90. The summed E-state index contributed by atoms with van der Waals surface area (Å²) in [5.74, 6) is 0. The molecule has 3 heteroatoms. The van der Waals surface area contributed by atoms with E-state index in [1.807, 2.05) is 54.6 Å². The molecule has 20 heavy (non-hydrogen) atoms. The van der Waals surface area contributed by atoms with Crippen LogP contribution in [0, 0.1) is 6.58 Å². The fourth-order valence-electron chi connectivity index (χ4n) is 2.41. The number of carbonyl (C=O) groups excluding carboxylic acids is 1. The second-order valence-electron chi connectivity index (χ2n) is 4.64. The predicted molar refractivity (Wildman–Crippen MR) is 78.2 cm³/mol. The van der Waals surface area contributed by atoms with Crippen LogP contribution in [0.15, 0.2) is 54.6 Å². The first-order chi connectivity index (χ1) is 9.79. The van der Waals surface area contributed by atoms with E-state index in [1.165, 1.54) is 6.08 Å². The second-order valence-corrected chi connectivity index (χ2v) is 4.64. The molecule has 99 valence electrons. The number of carbonyl (C=O) groups is 1. The van der Waals surface area contributed by atoms with Crippen LogP contribution in [0.4, 0.5) is 10.5 Å². The number of hydrogen-bond donors (Lipinski definition) is 0. The second kappa shape index (κ2) is 5.21. The molecule has 2 aromatic rings. The summed E-state index contributed by atoms with van der Waals surface area (Å²) in [7, 11) is 0. The molecule has 0 aromatic heterocycles. The number of ether oxygens (including phenoxy) is 1. The van der Waals surface area contributed by atoms with Crippen molar-refractivity contribution in [2.24, 2.45) is 0 Å². The third kappa shape index (κ3) is 2.18. The third-order valence-electron chi connectivity index (χ3n) is 3.40. The third-order valence-corrected chi connectivity index (χ3v) is 3.40. The standard InChI is InChI=1S/C17H14NO2/c1-2-13-7-6-10-15(11-13)18-16(12-20-17(18)19)14-8-4-3-5-9-14/h1-11,16H,12H2/t16-/m0/s1. The van der Waals surface area contributed by atoms with Gasteiger partial charge in [-0.3, -0.25) is 4.90 Å². The van der Waals surface area contributed by atoms with Crippen molar-refractivity contribution in [2.45, 2.75) is 6.04 Å². The molecule has 1 radical (unpaired) electrons. The van der Waals surface area contributed by atoms with Crippen LogP contribution in [0.25, 0.3) is 6.08 Å². The maximum atomic E-state index is 12.0. The lowest BCUT2D eigenvalue weighted by atomic mass is 10.1. The Morgan fingerprint density at radius 2 is 1.95 bits per heavy atom. The molecule has 3 nitrogen and oxygen atoms in total. The zero-order chi connectivity index (χ0) is 13.9. The van der Waals surface area contributed by atoms with Crippen molar-refractivity contribution in [2.75, 3.05) is 11.5 Å². The van der Waals surface area contributed by atoms with Gasteiger partial charge in [-0.25, -0.2) is 4.79 Å². The van der Waals surface area contributed by atoms with E-state index in [4.69, 9.17) is 11.3 Å². The first-order valence-electron chi connectivity index (χ1n) is 6.45. The fraction of sp³-hybridized carbons (Fsp3) is 0.118. The van der Waals surface area contributed by atoms with E-state index in [9.17, 15) is 4.79 Å². The smallest absolute Gasteiger partial charge is 0.415 e. The van der Waals surface area contributed by atoms with Crippen LogP contribution in [0.1, 0.15) is 17.2 Å². The molecular formula is C17H14NO2. The summed E-state index contributed by atoms with van der Waals surface area (Å²) in [4.78, 5) is 13.7. The highest BCUT2D eigenvalue weighted by molar-refractivity contribution is 5.91. The van der Waals surface area contributed by atoms with E-state index < -0.39 is 0 Å². The van der Waals surface area contributed by atoms with Crippen LogP contribution in [-0.4, -0.2) is 12.7 Å². The van der Waals surface area contributed by atoms with Gasteiger partial charge in [0, 0.05) is 5.69 Å². The minimum absolute atomic E-state index is 0.100. The maximum absolute atomic E-state index is 12.0. The molecule has 0 aliphatic carbocycles. The van der Waals surface area contributed by atoms with Crippen molar-refractivity contribution in [3.05, 3.63) is 72.3 Å². The van der Waals surface area contributed by atoms with E-state index in [0.717, 1.165) is 16.8 Å². The summed E-state index contributed by atoms with van der Waals surface area (Å²) in [5.41, 5.74) is 2.72. The average molecular weight is 264 g/mol. The molecule has 1 atom stereocenters. The van der Waals surface area contributed by atoms with Gasteiger partial charge in [0.15, 0.2) is 0 Å². The molecule has 3 rings (SSSR count). The molecular weight excluding hydrogens is 250 g/mol. The topological polar surface area (TPSA) is 29.5 Å². The van der Waals surface area contributed by atoms with Gasteiger partial charge in [0.25, 0.3) is 0 Å². The first-order valence-corrected chi connectivity index (χ1v) is 6.45. The monoisotopic (exact) mass is 264 g/mol. The average Bonchev–Trinajstić information content (AvgIpc) is 2.90. The van der Waals surface area contributed by atoms with E-state index in [0.29, 0.717) is 6.61 Å². The number of anilines is 1. The summed E-state index contributed by atoms with van der Waals surface area (Å²) < 4.78 is 5.21. The van der Waals surface area contributed by atoms with Gasteiger partial charge in [-0.15, -0.1) is 0 Å². The van der Waals surface area contributed by atoms with Crippen LogP contribution in [-0.2, 0) is 4.74 Å². The summed E-state index contributed by atoms with van der Waals surface area (Å²) in [6, 6.07) is 17.3. The van der Waals surface area contributed by atoms with E-state index in [-0.39, 0.29) is 12.1 Å². The minimum Gasteiger partial charge on any atom is -0.447 e. The Morgan fingerprint density at radius 3 is 2.70 bits per heavy atom. The van der Waals surface area contributed by atoms with Crippen LogP contribution in [0.2, 0.25) is 0 Å². The minimum atomic E-state index is -0.326. The molecule has 1 saturated heterocycles. The zero-order valence-corrected chi connectivity index (χ0v) is 10.9. The lowest BCUT2D eigenvalue weighted by molar-refractivity contribution is 0.179. The molecule has 0 spiro atoms. The molecule has 0 saturated carbocycles. The van der Waals surface area contributed by atoms with Gasteiger partial charge in [0.05, 0.1) is 6.04 Å². The lowest BCUT2D eigenvalue weighted by Gasteiger charge is -2.22. The number of hydrogen-bond acceptors (Lipinski definition) is 2. The zero-order valence-electron chi connectivity index (χ0n) is 10.9. The number of amides is 1. The molecule has 0 unspecified atom stereocenters. The van der Waals surface area contributed by atoms with Gasteiger partial charge >= 0.3 is 6.09 Å². The van der Waals surface area contributed by atoms with Gasteiger partial charge < -0.3 is 4.74 Å². The Hall–Kier alpha value is -2.55. The number of nitrogens with zero attached hydrogens (tertiary/aromatic N) is 1. The normalized spacial score (nSPS) is 17.9. The highest BCUT2D eigenvalue weighted by Gasteiger charge is 2.35. The molecule has 0 bridgehead atoms. The number of benzene rings is 2. The van der Waals surface area contributed by atoms with Crippen molar-refractivity contribution < 1.29 is 9.53 Å². The molecule has 1 aliphatic rings. The van der Waals surface area contributed by atoms with Crippen LogP contribution in [0.3, 0.4) is 0 Å². The molecule has 0 N–H and O–H groups in total. The molecule has 1 aliphatic heterocycles. The molecule has 2 aromatic carbocycles.